The summed E-state index contributed by atoms with van der Waals surface area (Å²) in [5.74, 6) is -0.385. The minimum absolute atomic E-state index is 0.00000586. The van der Waals surface area contributed by atoms with Gasteiger partial charge in [0.1, 0.15) is 6.33 Å². The fourth-order valence-corrected chi connectivity index (χ4v) is 10.5. The number of aryl methyl sites for hydroxylation is 2. The maximum Gasteiger partial charge on any atom is 0.257 e. The molecule has 4 aliphatic rings. The van der Waals surface area contributed by atoms with E-state index in [1.807, 2.05) is 23.6 Å². The predicted molar refractivity (Wildman–Crippen MR) is 199 cm³/mol. The molecule has 3 saturated heterocycles. The first-order valence-corrected chi connectivity index (χ1v) is 20.4. The van der Waals surface area contributed by atoms with Crippen LogP contribution in [-0.2, 0) is 27.7 Å². The van der Waals surface area contributed by atoms with Crippen LogP contribution in [0.5, 0.6) is 0 Å². The van der Waals surface area contributed by atoms with Crippen molar-refractivity contribution in [3.63, 3.8) is 0 Å². The van der Waals surface area contributed by atoms with Gasteiger partial charge in [0.25, 0.3) is 5.91 Å². The number of carbonyl (C=O) groups excluding carboxylic acids is 2. The van der Waals surface area contributed by atoms with Crippen molar-refractivity contribution >= 4 is 27.3 Å². The van der Waals surface area contributed by atoms with Crippen LogP contribution in [0.2, 0.25) is 0 Å². The number of carbonyl (C=O) groups is 2. The van der Waals surface area contributed by atoms with Gasteiger partial charge in [0, 0.05) is 63.1 Å². The lowest BCUT2D eigenvalue weighted by Gasteiger charge is -2.50. The summed E-state index contributed by atoms with van der Waals surface area (Å²) in [6, 6.07) is 19.7. The molecule has 1 saturated carbocycles. The highest BCUT2D eigenvalue weighted by atomic mass is 32.2. The van der Waals surface area contributed by atoms with Crippen LogP contribution in [0, 0.1) is 19.8 Å². The van der Waals surface area contributed by atoms with Crippen molar-refractivity contribution < 1.29 is 18.0 Å². The second-order valence-electron chi connectivity index (χ2n) is 15.5. The van der Waals surface area contributed by atoms with Crippen LogP contribution in [0.15, 0.2) is 60.9 Å². The Bertz CT molecular complexity index is 1790. The molecule has 272 valence electrons. The monoisotopic (exact) mass is 712 g/mol. The SMILES string of the molecule is Cc1ncnc(C)c1C(=O)N1CCC(C)(N2CCC(N(Cc3ccccc3)c3ccc(CN4CC[C@H](CS(=O)(=O)C5CC5)C4=O)cc3)CC2)CC1. The van der Waals surface area contributed by atoms with Crippen molar-refractivity contribution in [1.82, 2.24) is 24.7 Å². The third-order valence-electron chi connectivity index (χ3n) is 11.9. The Morgan fingerprint density at radius 3 is 2.12 bits per heavy atom. The normalized spacial score (nSPS) is 21.6. The predicted octanol–water partition coefficient (Wildman–Crippen LogP) is 5.19. The van der Waals surface area contributed by atoms with E-state index in [0.717, 1.165) is 88.2 Å². The van der Waals surface area contributed by atoms with Gasteiger partial charge in [-0.05, 0) is 89.0 Å². The molecule has 0 bridgehead atoms. The Morgan fingerprint density at radius 2 is 1.49 bits per heavy atom. The van der Waals surface area contributed by atoms with Crippen molar-refractivity contribution in [2.24, 2.45) is 5.92 Å². The molecule has 0 spiro atoms. The number of sulfone groups is 1. The third kappa shape index (κ3) is 7.84. The largest absolute Gasteiger partial charge is 0.364 e. The van der Waals surface area contributed by atoms with Gasteiger partial charge in [-0.25, -0.2) is 18.4 Å². The molecule has 1 aliphatic carbocycles. The molecule has 4 heterocycles. The summed E-state index contributed by atoms with van der Waals surface area (Å²) < 4.78 is 25.1. The van der Waals surface area contributed by atoms with Gasteiger partial charge in [-0.2, -0.15) is 0 Å². The van der Waals surface area contributed by atoms with E-state index in [-0.39, 0.29) is 28.4 Å². The molecule has 11 heteroatoms. The molecule has 0 N–H and O–H groups in total. The Hall–Kier alpha value is -3.83. The number of likely N-dealkylation sites (tertiary alicyclic amines) is 3. The van der Waals surface area contributed by atoms with E-state index in [0.29, 0.717) is 31.1 Å². The number of rotatable bonds is 11. The molecule has 2 amide bonds. The molecular weight excluding hydrogens is 661 g/mol. The zero-order valence-corrected chi connectivity index (χ0v) is 31.2. The molecular formula is C40H52N6O4S. The minimum Gasteiger partial charge on any atom is -0.364 e. The molecule has 2 aromatic carbocycles. The quantitative estimate of drug-likeness (QED) is 0.268. The zero-order valence-electron chi connectivity index (χ0n) is 30.3. The molecule has 7 rings (SSSR count). The maximum atomic E-state index is 13.4. The van der Waals surface area contributed by atoms with E-state index < -0.39 is 15.8 Å². The van der Waals surface area contributed by atoms with Gasteiger partial charge >= 0.3 is 0 Å². The van der Waals surface area contributed by atoms with Gasteiger partial charge in [-0.15, -0.1) is 0 Å². The van der Waals surface area contributed by atoms with Crippen molar-refractivity contribution in [3.8, 4) is 0 Å². The molecule has 4 fully saturated rings. The summed E-state index contributed by atoms with van der Waals surface area (Å²) in [7, 11) is -3.16. The molecule has 1 atom stereocenters. The Kier molecular flexibility index (Phi) is 10.2. The lowest BCUT2D eigenvalue weighted by atomic mass is 9.85. The number of hydrogen-bond acceptors (Lipinski definition) is 8. The van der Waals surface area contributed by atoms with Crippen LogP contribution in [-0.4, -0.2) is 100 Å². The number of anilines is 1. The number of amides is 2. The van der Waals surface area contributed by atoms with Crippen molar-refractivity contribution in [2.45, 2.75) is 95.6 Å². The Labute approximate surface area is 303 Å². The summed E-state index contributed by atoms with van der Waals surface area (Å²) in [5.41, 5.74) is 5.70. The van der Waals surface area contributed by atoms with Crippen LogP contribution in [0.4, 0.5) is 5.69 Å². The first-order valence-electron chi connectivity index (χ1n) is 18.7. The van der Waals surface area contributed by atoms with Crippen LogP contribution in [0.3, 0.4) is 0 Å². The Morgan fingerprint density at radius 1 is 0.843 bits per heavy atom. The van der Waals surface area contributed by atoms with Crippen LogP contribution in [0.25, 0.3) is 0 Å². The number of piperidine rings is 2. The molecule has 3 aliphatic heterocycles. The molecule has 3 aromatic rings. The van der Waals surface area contributed by atoms with E-state index in [1.165, 1.54) is 17.6 Å². The molecule has 0 unspecified atom stereocenters. The van der Waals surface area contributed by atoms with Gasteiger partial charge in [0.2, 0.25) is 5.91 Å². The van der Waals surface area contributed by atoms with Crippen molar-refractivity contribution in [2.75, 3.05) is 43.4 Å². The van der Waals surface area contributed by atoms with E-state index in [9.17, 15) is 18.0 Å². The van der Waals surface area contributed by atoms with Gasteiger partial charge in [0.05, 0.1) is 33.9 Å². The average Bonchev–Trinajstić information content (AvgIpc) is 3.95. The van der Waals surface area contributed by atoms with Crippen molar-refractivity contribution in [3.05, 3.63) is 89.0 Å². The molecule has 51 heavy (non-hydrogen) atoms. The van der Waals surface area contributed by atoms with Gasteiger partial charge in [-0.3, -0.25) is 14.5 Å². The smallest absolute Gasteiger partial charge is 0.257 e. The first kappa shape index (κ1) is 35.6. The number of nitrogens with zero attached hydrogens (tertiary/aromatic N) is 6. The van der Waals surface area contributed by atoms with Gasteiger partial charge in [0.15, 0.2) is 9.84 Å². The third-order valence-corrected chi connectivity index (χ3v) is 14.3. The zero-order chi connectivity index (χ0) is 35.8. The van der Waals surface area contributed by atoms with Crippen LogP contribution >= 0.6 is 0 Å². The van der Waals surface area contributed by atoms with E-state index in [1.54, 1.807) is 0 Å². The number of hydrogen-bond donors (Lipinski definition) is 0. The fraction of sp³-hybridized carbons (Fsp3) is 0.550. The highest BCUT2D eigenvalue weighted by molar-refractivity contribution is 7.92. The summed E-state index contributed by atoms with van der Waals surface area (Å²) in [5, 5.41) is -0.221. The minimum atomic E-state index is -3.16. The first-order chi connectivity index (χ1) is 24.5. The summed E-state index contributed by atoms with van der Waals surface area (Å²) >= 11 is 0. The maximum absolute atomic E-state index is 13.4. The Balaban J connectivity index is 0.975. The van der Waals surface area contributed by atoms with Crippen LogP contribution < -0.4 is 4.90 Å². The second kappa shape index (κ2) is 14.7. The van der Waals surface area contributed by atoms with E-state index in [4.69, 9.17) is 0 Å². The average molecular weight is 713 g/mol. The lowest BCUT2D eigenvalue weighted by molar-refractivity contribution is -0.130. The van der Waals surface area contributed by atoms with E-state index >= 15 is 0 Å². The summed E-state index contributed by atoms with van der Waals surface area (Å²) in [4.78, 5) is 44.1. The van der Waals surface area contributed by atoms with Gasteiger partial charge < -0.3 is 14.7 Å². The standard InChI is InChI=1S/C40H52N6O4S/c1-29-37(30(2)42-28-41-29)39(48)43-23-18-40(3,19-24-43)45-21-16-35(17-22-45)46(26-31-7-5-4-6-8-31)34-11-9-32(10-12-34)25-44-20-15-33(38(44)47)27-51(49,50)36-13-14-36/h4-12,28,33,35-36H,13-27H2,1-3H3/t33-/m1/s1. The molecule has 1 aromatic heterocycles. The number of benzene rings is 2. The summed E-state index contributed by atoms with van der Waals surface area (Å²) in [6.07, 6.45) is 7.63. The topological polar surface area (TPSA) is 107 Å². The number of aromatic nitrogens is 2. The highest BCUT2D eigenvalue weighted by Gasteiger charge is 2.42. The molecule has 10 nitrogen and oxygen atoms in total. The summed E-state index contributed by atoms with van der Waals surface area (Å²) in [6.45, 7) is 11.6. The second-order valence-corrected chi connectivity index (χ2v) is 17.8. The van der Waals surface area contributed by atoms with Crippen molar-refractivity contribution in [1.29, 1.82) is 0 Å². The van der Waals surface area contributed by atoms with Crippen LogP contribution in [0.1, 0.15) is 84.7 Å². The van der Waals surface area contributed by atoms with E-state index in [2.05, 4.69) is 81.3 Å². The van der Waals surface area contributed by atoms with Gasteiger partial charge in [-0.1, -0.05) is 42.5 Å². The highest BCUT2D eigenvalue weighted by Crippen LogP contribution is 2.35. The lowest BCUT2D eigenvalue weighted by Crippen LogP contribution is -2.58. The molecule has 0 radical (unpaired) electrons. The fourth-order valence-electron chi connectivity index (χ4n) is 8.47.